The largest absolute Gasteiger partial charge is 0.456 e. The zero-order valence-electron chi connectivity index (χ0n) is 32.2. The first-order valence-corrected chi connectivity index (χ1v) is 19.1. The first-order valence-electron chi connectivity index (χ1n) is 19.1. The van der Waals surface area contributed by atoms with Gasteiger partial charge in [-0.2, -0.15) is 0 Å². The highest BCUT2D eigenvalue weighted by Crippen LogP contribution is 2.43. The van der Waals surface area contributed by atoms with Crippen molar-refractivity contribution in [1.29, 1.82) is 0 Å². The summed E-state index contributed by atoms with van der Waals surface area (Å²) in [7, 11) is 0. The molecule has 0 spiro atoms. The number of aromatic nitrogens is 2. The molecule has 0 amide bonds. The third kappa shape index (κ3) is 7.10. The van der Waals surface area contributed by atoms with E-state index >= 15 is 0 Å². The standard InChI is InChI=1S/C50H44N2O3/c1-49(2,3)29-31-19-21-35-27-43(53-42(35)23-31)36-26-41(52-46(28-36)55-45-18-12-17-40(51-45)33-13-8-7-9-14-33)39-25-34-15-10-11-16-37(34)47-38-22-20-32(30-50(4,5)6)24-44(38)54-48(39)47/h7-28H,29-30H2,1-6H3. The lowest BCUT2D eigenvalue weighted by molar-refractivity contribution is 0.411. The topological polar surface area (TPSA) is 61.3 Å². The molecule has 4 heterocycles. The molecule has 0 N–H and O–H groups in total. The Hall–Kier alpha value is -6.20. The van der Waals surface area contributed by atoms with Crippen molar-refractivity contribution in [2.75, 3.05) is 0 Å². The molecule has 0 radical (unpaired) electrons. The second-order valence-corrected chi connectivity index (χ2v) is 17.1. The van der Waals surface area contributed by atoms with Crippen molar-refractivity contribution in [3.8, 4) is 45.6 Å². The van der Waals surface area contributed by atoms with Crippen molar-refractivity contribution >= 4 is 43.7 Å². The Balaban J connectivity index is 1.23. The third-order valence-corrected chi connectivity index (χ3v) is 9.95. The molecule has 0 aliphatic rings. The second kappa shape index (κ2) is 13.3. The molecule has 0 aliphatic heterocycles. The lowest BCUT2D eigenvalue weighted by atomic mass is 9.88. The summed E-state index contributed by atoms with van der Waals surface area (Å²) >= 11 is 0. The van der Waals surface area contributed by atoms with Crippen molar-refractivity contribution in [3.05, 3.63) is 145 Å². The normalized spacial score (nSPS) is 12.3. The van der Waals surface area contributed by atoms with Crippen LogP contribution < -0.4 is 4.74 Å². The number of pyridine rings is 2. The van der Waals surface area contributed by atoms with Gasteiger partial charge in [-0.1, -0.05) is 126 Å². The summed E-state index contributed by atoms with van der Waals surface area (Å²) in [5.41, 5.74) is 9.60. The quantitative estimate of drug-likeness (QED) is 0.164. The minimum Gasteiger partial charge on any atom is -0.456 e. The summed E-state index contributed by atoms with van der Waals surface area (Å²) in [5, 5.41) is 5.45. The van der Waals surface area contributed by atoms with Gasteiger partial charge in [0.25, 0.3) is 0 Å². The molecule has 5 aromatic carbocycles. The van der Waals surface area contributed by atoms with Crippen LogP contribution in [0.15, 0.2) is 142 Å². The molecule has 0 unspecified atom stereocenters. The van der Waals surface area contributed by atoms with Crippen LogP contribution in [0.1, 0.15) is 52.7 Å². The van der Waals surface area contributed by atoms with Crippen molar-refractivity contribution in [2.24, 2.45) is 10.8 Å². The van der Waals surface area contributed by atoms with Gasteiger partial charge in [0.15, 0.2) is 0 Å². The number of hydrogen-bond acceptors (Lipinski definition) is 5. The summed E-state index contributed by atoms with van der Waals surface area (Å²) in [6.45, 7) is 13.6. The van der Waals surface area contributed by atoms with Crippen LogP contribution in [0.4, 0.5) is 0 Å². The highest BCUT2D eigenvalue weighted by Gasteiger charge is 2.21. The highest BCUT2D eigenvalue weighted by atomic mass is 16.5. The lowest BCUT2D eigenvalue weighted by Crippen LogP contribution is -2.08. The van der Waals surface area contributed by atoms with Crippen LogP contribution in [0.2, 0.25) is 0 Å². The van der Waals surface area contributed by atoms with Gasteiger partial charge in [0, 0.05) is 45.0 Å². The molecule has 272 valence electrons. The predicted octanol–water partition coefficient (Wildman–Crippen LogP) is 14.2. The molecule has 4 aromatic heterocycles. The number of rotatable bonds is 7. The lowest BCUT2D eigenvalue weighted by Gasteiger charge is -2.17. The van der Waals surface area contributed by atoms with E-state index in [2.05, 4.69) is 120 Å². The summed E-state index contributed by atoms with van der Waals surface area (Å²) in [5.74, 6) is 1.59. The van der Waals surface area contributed by atoms with E-state index in [0.29, 0.717) is 17.5 Å². The van der Waals surface area contributed by atoms with Crippen LogP contribution >= 0.6 is 0 Å². The molecule has 0 saturated carbocycles. The van der Waals surface area contributed by atoms with E-state index in [1.165, 1.54) is 11.1 Å². The molecular formula is C50H44N2O3. The Bertz CT molecular complexity index is 2870. The van der Waals surface area contributed by atoms with Crippen molar-refractivity contribution < 1.29 is 13.6 Å². The summed E-state index contributed by atoms with van der Waals surface area (Å²) in [6, 6.07) is 45.9. The van der Waals surface area contributed by atoms with Crippen molar-refractivity contribution in [1.82, 2.24) is 9.97 Å². The molecule has 9 rings (SSSR count). The molecule has 0 fully saturated rings. The fourth-order valence-corrected chi connectivity index (χ4v) is 7.71. The summed E-state index contributed by atoms with van der Waals surface area (Å²) in [4.78, 5) is 10.0. The fraction of sp³-hybridized carbons (Fsp3) is 0.200. The predicted molar refractivity (Wildman–Crippen MR) is 226 cm³/mol. The SMILES string of the molecule is CC(C)(C)Cc1ccc2cc(-c3cc(Oc4cccc(-c5ccccc5)n4)nc(-c4cc5ccccc5c5c4oc4cc(CC(C)(C)C)ccc45)c3)oc2c1. The first-order chi connectivity index (χ1) is 26.4. The number of nitrogens with zero attached hydrogens (tertiary/aromatic N) is 2. The number of fused-ring (bicyclic) bond motifs is 6. The number of furan rings is 2. The molecule has 0 aliphatic carbocycles. The van der Waals surface area contributed by atoms with E-state index < -0.39 is 0 Å². The van der Waals surface area contributed by atoms with Gasteiger partial charge in [0.2, 0.25) is 11.8 Å². The molecule has 9 aromatic rings. The van der Waals surface area contributed by atoms with Crippen LogP contribution in [-0.2, 0) is 12.8 Å². The van der Waals surface area contributed by atoms with Crippen LogP contribution in [-0.4, -0.2) is 9.97 Å². The van der Waals surface area contributed by atoms with Crippen molar-refractivity contribution in [2.45, 2.75) is 54.4 Å². The monoisotopic (exact) mass is 720 g/mol. The van der Waals surface area contributed by atoms with Gasteiger partial charge in [0.1, 0.15) is 22.5 Å². The molecule has 5 nitrogen and oxygen atoms in total. The third-order valence-electron chi connectivity index (χ3n) is 9.95. The Morgan fingerprint density at radius 1 is 0.509 bits per heavy atom. The maximum atomic E-state index is 6.85. The molecule has 0 saturated heterocycles. The minimum atomic E-state index is 0.151. The Morgan fingerprint density at radius 3 is 2.00 bits per heavy atom. The van der Waals surface area contributed by atoms with Gasteiger partial charge in [-0.25, -0.2) is 9.97 Å². The van der Waals surface area contributed by atoms with Gasteiger partial charge in [-0.05, 0) is 82.0 Å². The van der Waals surface area contributed by atoms with Gasteiger partial charge >= 0.3 is 0 Å². The summed E-state index contributed by atoms with van der Waals surface area (Å²) in [6.07, 6.45) is 1.91. The van der Waals surface area contributed by atoms with E-state index in [1.54, 1.807) is 0 Å². The second-order valence-electron chi connectivity index (χ2n) is 17.1. The first kappa shape index (κ1) is 34.6. The Morgan fingerprint density at radius 2 is 1.22 bits per heavy atom. The zero-order valence-corrected chi connectivity index (χ0v) is 32.2. The number of ether oxygens (including phenoxy) is 1. The van der Waals surface area contributed by atoms with Gasteiger partial charge in [0.05, 0.1) is 11.4 Å². The number of benzene rings is 5. The van der Waals surface area contributed by atoms with Crippen LogP contribution in [0, 0.1) is 10.8 Å². The van der Waals surface area contributed by atoms with Gasteiger partial charge in [-0.15, -0.1) is 0 Å². The van der Waals surface area contributed by atoms with E-state index in [0.717, 1.165) is 84.7 Å². The molecule has 55 heavy (non-hydrogen) atoms. The van der Waals surface area contributed by atoms with E-state index in [4.69, 9.17) is 23.5 Å². The van der Waals surface area contributed by atoms with E-state index in [-0.39, 0.29) is 10.8 Å². The van der Waals surface area contributed by atoms with Gasteiger partial charge in [-0.3, -0.25) is 0 Å². The van der Waals surface area contributed by atoms with Gasteiger partial charge < -0.3 is 13.6 Å². The smallest absolute Gasteiger partial charge is 0.222 e. The van der Waals surface area contributed by atoms with E-state index in [1.807, 2.05) is 54.6 Å². The Labute approximate surface area is 321 Å². The molecular weight excluding hydrogens is 677 g/mol. The van der Waals surface area contributed by atoms with Crippen LogP contribution in [0.5, 0.6) is 11.8 Å². The molecule has 0 bridgehead atoms. The minimum absolute atomic E-state index is 0.151. The van der Waals surface area contributed by atoms with Crippen LogP contribution in [0.3, 0.4) is 0 Å². The van der Waals surface area contributed by atoms with Crippen molar-refractivity contribution in [3.63, 3.8) is 0 Å². The highest BCUT2D eigenvalue weighted by molar-refractivity contribution is 6.22. The van der Waals surface area contributed by atoms with Crippen LogP contribution in [0.25, 0.3) is 77.5 Å². The van der Waals surface area contributed by atoms with E-state index in [9.17, 15) is 0 Å². The number of hydrogen-bond donors (Lipinski definition) is 0. The molecule has 0 atom stereocenters. The Kier molecular flexibility index (Phi) is 8.34. The molecule has 5 heteroatoms. The summed E-state index contributed by atoms with van der Waals surface area (Å²) < 4.78 is 20.0. The maximum absolute atomic E-state index is 6.85. The average molecular weight is 721 g/mol. The zero-order chi connectivity index (χ0) is 37.9. The average Bonchev–Trinajstić information content (AvgIpc) is 3.75. The maximum Gasteiger partial charge on any atom is 0.222 e. The fourth-order valence-electron chi connectivity index (χ4n) is 7.71.